The molecular formula is C43H46O5S2. The summed E-state index contributed by atoms with van der Waals surface area (Å²) in [6.07, 6.45) is -1.72. The first-order valence-corrected chi connectivity index (χ1v) is 19.4. The summed E-state index contributed by atoms with van der Waals surface area (Å²) >= 11 is 3.87. The molecule has 0 N–H and O–H groups in total. The van der Waals surface area contributed by atoms with Gasteiger partial charge in [0.1, 0.15) is 24.4 Å². The van der Waals surface area contributed by atoms with Crippen LogP contribution in [-0.4, -0.2) is 47.1 Å². The van der Waals surface area contributed by atoms with Crippen LogP contribution < -0.4 is 0 Å². The van der Waals surface area contributed by atoms with E-state index in [1.807, 2.05) is 102 Å². The number of rotatable bonds is 20. The first-order chi connectivity index (χ1) is 24.8. The molecule has 0 bridgehead atoms. The van der Waals surface area contributed by atoms with Crippen molar-refractivity contribution in [3.05, 3.63) is 179 Å². The van der Waals surface area contributed by atoms with Crippen molar-refractivity contribution in [2.24, 2.45) is 0 Å². The van der Waals surface area contributed by atoms with Gasteiger partial charge in [0.15, 0.2) is 0 Å². The summed E-state index contributed by atoms with van der Waals surface area (Å²) in [5.74, 6) is 2.13. The average molecular weight is 707 g/mol. The molecule has 0 amide bonds. The fraction of sp³-hybridized carbons (Fsp3) is 0.302. The molecular weight excluding hydrogens is 661 g/mol. The Kier molecular flexibility index (Phi) is 14.9. The molecule has 5 aromatic carbocycles. The second kappa shape index (κ2) is 20.4. The summed E-state index contributed by atoms with van der Waals surface area (Å²) in [7, 11) is 0. The minimum Gasteiger partial charge on any atom is -0.374 e. The Morgan fingerprint density at radius 2 is 0.780 bits per heavy atom. The maximum atomic E-state index is 7.03. The average Bonchev–Trinajstić information content (AvgIpc) is 3.72. The molecule has 0 radical (unpaired) electrons. The largest absolute Gasteiger partial charge is 0.374 e. The molecule has 260 valence electrons. The molecule has 6 rings (SSSR count). The van der Waals surface area contributed by atoms with Gasteiger partial charge in [0, 0.05) is 11.5 Å². The SMILES string of the molecule is c1ccc(COC[C@@H](OCc2ccccc2)[C@@H](OCc2ccccc2)[C@H](OCc2ccccc2)[C@H](OCc2ccccc2)C2SCCS2)cc1. The van der Waals surface area contributed by atoms with Crippen LogP contribution in [0.2, 0.25) is 0 Å². The Labute approximate surface area is 305 Å². The monoisotopic (exact) mass is 706 g/mol. The van der Waals surface area contributed by atoms with E-state index >= 15 is 0 Å². The van der Waals surface area contributed by atoms with Crippen LogP contribution in [-0.2, 0) is 56.7 Å². The lowest BCUT2D eigenvalue weighted by molar-refractivity contribution is -0.197. The third kappa shape index (κ3) is 11.6. The lowest BCUT2D eigenvalue weighted by atomic mass is 10.0. The van der Waals surface area contributed by atoms with Gasteiger partial charge in [-0.05, 0) is 27.8 Å². The number of hydrogen-bond acceptors (Lipinski definition) is 7. The highest BCUT2D eigenvalue weighted by Gasteiger charge is 2.43. The van der Waals surface area contributed by atoms with E-state index < -0.39 is 18.3 Å². The van der Waals surface area contributed by atoms with Crippen LogP contribution in [0.25, 0.3) is 0 Å². The van der Waals surface area contributed by atoms with E-state index in [9.17, 15) is 0 Å². The van der Waals surface area contributed by atoms with Gasteiger partial charge in [-0.2, -0.15) is 0 Å². The van der Waals surface area contributed by atoms with Crippen LogP contribution in [0.1, 0.15) is 27.8 Å². The van der Waals surface area contributed by atoms with Crippen molar-refractivity contribution >= 4 is 23.5 Å². The summed E-state index contributed by atoms with van der Waals surface area (Å²) in [5.41, 5.74) is 5.49. The van der Waals surface area contributed by atoms with Crippen molar-refractivity contribution in [1.82, 2.24) is 0 Å². The molecule has 0 aliphatic carbocycles. The topological polar surface area (TPSA) is 46.2 Å². The Balaban J connectivity index is 1.34. The van der Waals surface area contributed by atoms with E-state index in [0.717, 1.165) is 39.3 Å². The van der Waals surface area contributed by atoms with E-state index in [4.69, 9.17) is 23.7 Å². The Bertz CT molecular complexity index is 1610. The van der Waals surface area contributed by atoms with Crippen molar-refractivity contribution in [3.8, 4) is 0 Å². The zero-order chi connectivity index (χ0) is 34.1. The van der Waals surface area contributed by atoms with Gasteiger partial charge in [0.05, 0.1) is 44.2 Å². The maximum absolute atomic E-state index is 7.03. The van der Waals surface area contributed by atoms with Crippen LogP contribution in [0.3, 0.4) is 0 Å². The van der Waals surface area contributed by atoms with E-state index in [1.54, 1.807) is 0 Å². The highest BCUT2D eigenvalue weighted by Crippen LogP contribution is 2.39. The van der Waals surface area contributed by atoms with Crippen LogP contribution in [0.4, 0.5) is 0 Å². The van der Waals surface area contributed by atoms with Gasteiger partial charge in [0.2, 0.25) is 0 Å². The summed E-state index contributed by atoms with van der Waals surface area (Å²) < 4.78 is 34.4. The molecule has 1 aliphatic rings. The Hall–Kier alpha value is -3.40. The van der Waals surface area contributed by atoms with E-state index in [-0.39, 0.29) is 10.7 Å². The van der Waals surface area contributed by atoms with Gasteiger partial charge in [-0.15, -0.1) is 23.5 Å². The summed E-state index contributed by atoms with van der Waals surface area (Å²) in [6.45, 7) is 2.49. The summed E-state index contributed by atoms with van der Waals surface area (Å²) in [6, 6.07) is 51.5. The highest BCUT2D eigenvalue weighted by molar-refractivity contribution is 8.20. The molecule has 0 unspecified atom stereocenters. The molecule has 5 aromatic rings. The molecule has 1 aliphatic heterocycles. The molecule has 0 spiro atoms. The standard InChI is InChI=1S/C43H46O5S2/c1-6-16-34(17-7-1)28-44-33-39(45-29-35-18-8-2-9-19-35)40(46-30-36-20-10-3-11-21-36)41(47-31-37-22-12-4-13-23-37)42(43-49-26-27-50-43)48-32-38-24-14-5-15-25-38/h1-25,39-43H,26-33H2/t39-,40-,41+,42+/m1/s1. The molecule has 0 saturated carbocycles. The third-order valence-electron chi connectivity index (χ3n) is 8.49. The first kappa shape index (κ1) is 36.4. The molecule has 1 heterocycles. The predicted molar refractivity (Wildman–Crippen MR) is 205 cm³/mol. The third-order valence-corrected chi connectivity index (χ3v) is 11.6. The van der Waals surface area contributed by atoms with Crippen LogP contribution >= 0.6 is 23.5 Å². The fourth-order valence-corrected chi connectivity index (χ4v) is 8.91. The van der Waals surface area contributed by atoms with Gasteiger partial charge >= 0.3 is 0 Å². The molecule has 1 fully saturated rings. The summed E-state index contributed by atoms with van der Waals surface area (Å²) in [4.78, 5) is 0. The lowest BCUT2D eigenvalue weighted by Gasteiger charge is -2.39. The second-order valence-corrected chi connectivity index (χ2v) is 15.0. The minimum atomic E-state index is -0.513. The maximum Gasteiger partial charge on any atom is 0.115 e. The Morgan fingerprint density at radius 1 is 0.420 bits per heavy atom. The van der Waals surface area contributed by atoms with Crippen LogP contribution in [0.5, 0.6) is 0 Å². The van der Waals surface area contributed by atoms with Crippen LogP contribution in [0.15, 0.2) is 152 Å². The number of benzene rings is 5. The van der Waals surface area contributed by atoms with Gasteiger partial charge in [-0.1, -0.05) is 152 Å². The van der Waals surface area contributed by atoms with Gasteiger partial charge < -0.3 is 23.7 Å². The predicted octanol–water partition coefficient (Wildman–Crippen LogP) is 9.35. The lowest BCUT2D eigenvalue weighted by Crippen LogP contribution is -2.53. The quantitative estimate of drug-likeness (QED) is 0.0800. The normalized spacial score (nSPS) is 15.8. The smallest absolute Gasteiger partial charge is 0.115 e. The molecule has 7 heteroatoms. The Morgan fingerprint density at radius 3 is 1.22 bits per heavy atom. The van der Waals surface area contributed by atoms with E-state index in [0.29, 0.717) is 39.6 Å². The van der Waals surface area contributed by atoms with Crippen LogP contribution in [0, 0.1) is 0 Å². The van der Waals surface area contributed by atoms with Crippen molar-refractivity contribution in [1.29, 1.82) is 0 Å². The second-order valence-electron chi connectivity index (χ2n) is 12.2. The molecule has 1 saturated heterocycles. The number of hydrogen-bond donors (Lipinski definition) is 0. The van der Waals surface area contributed by atoms with Crippen molar-refractivity contribution in [2.75, 3.05) is 18.1 Å². The molecule has 0 aromatic heterocycles. The minimum absolute atomic E-state index is 0.169. The van der Waals surface area contributed by atoms with Crippen molar-refractivity contribution < 1.29 is 23.7 Å². The number of ether oxygens (including phenoxy) is 5. The molecule has 4 atom stereocenters. The molecule has 50 heavy (non-hydrogen) atoms. The molecule has 5 nitrogen and oxygen atoms in total. The fourth-order valence-electron chi connectivity index (χ4n) is 5.87. The summed E-state index contributed by atoms with van der Waals surface area (Å²) in [5, 5.41) is 0. The first-order valence-electron chi connectivity index (χ1n) is 17.3. The highest BCUT2D eigenvalue weighted by atomic mass is 32.2. The zero-order valence-electron chi connectivity index (χ0n) is 28.3. The van der Waals surface area contributed by atoms with Crippen molar-refractivity contribution in [2.45, 2.75) is 62.0 Å². The van der Waals surface area contributed by atoms with Crippen molar-refractivity contribution in [3.63, 3.8) is 0 Å². The number of thioether (sulfide) groups is 2. The zero-order valence-corrected chi connectivity index (χ0v) is 30.0. The van der Waals surface area contributed by atoms with Gasteiger partial charge in [-0.3, -0.25) is 0 Å². The van der Waals surface area contributed by atoms with Gasteiger partial charge in [-0.25, -0.2) is 0 Å². The van der Waals surface area contributed by atoms with E-state index in [2.05, 4.69) is 72.8 Å². The van der Waals surface area contributed by atoms with Gasteiger partial charge in [0.25, 0.3) is 0 Å². The van der Waals surface area contributed by atoms with E-state index in [1.165, 1.54) is 0 Å².